The number of amides is 1. The van der Waals surface area contributed by atoms with Gasteiger partial charge in [-0.2, -0.15) is 4.68 Å². The molecule has 1 aromatic carbocycles. The molecule has 1 N–H and O–H groups in total. The van der Waals surface area contributed by atoms with Crippen molar-refractivity contribution in [2.75, 3.05) is 0 Å². The number of carbonyl (C=O) groups excluding carboxylic acids is 1. The lowest BCUT2D eigenvalue weighted by Crippen LogP contribution is -2.23. The quantitative estimate of drug-likeness (QED) is 0.928. The second-order valence-electron chi connectivity index (χ2n) is 3.61. The molecule has 0 unspecified atom stereocenters. The number of nitrogens with one attached hydrogen (secondary N) is 1. The molecular formula is C11H12BrN5O. The molecule has 1 aromatic heterocycles. The lowest BCUT2D eigenvalue weighted by Gasteiger charge is -2.05. The third kappa shape index (κ3) is 2.92. The van der Waals surface area contributed by atoms with Gasteiger partial charge in [0.2, 0.25) is 5.91 Å². The number of hydrogen-bond donors (Lipinski definition) is 1. The molecule has 0 aliphatic carbocycles. The van der Waals surface area contributed by atoms with Gasteiger partial charge in [-0.05, 0) is 34.7 Å². The topological polar surface area (TPSA) is 72.7 Å². The van der Waals surface area contributed by atoms with Crippen molar-refractivity contribution in [3.63, 3.8) is 0 Å². The summed E-state index contributed by atoms with van der Waals surface area (Å²) >= 11 is 3.37. The first-order valence-electron chi connectivity index (χ1n) is 5.50. The van der Waals surface area contributed by atoms with E-state index in [1.165, 1.54) is 0 Å². The molecule has 0 aliphatic rings. The van der Waals surface area contributed by atoms with Crippen LogP contribution in [-0.2, 0) is 11.3 Å². The highest BCUT2D eigenvalue weighted by atomic mass is 79.9. The summed E-state index contributed by atoms with van der Waals surface area (Å²) in [4.78, 5) is 11.2. The van der Waals surface area contributed by atoms with Crippen molar-refractivity contribution in [1.29, 1.82) is 0 Å². The Hall–Kier alpha value is -1.76. The van der Waals surface area contributed by atoms with Crippen molar-refractivity contribution >= 4 is 21.8 Å². The molecule has 0 saturated carbocycles. The number of tetrazole rings is 1. The summed E-state index contributed by atoms with van der Waals surface area (Å²) in [5.74, 6) is 0.569. The molecule has 6 nitrogen and oxygen atoms in total. The average Bonchev–Trinajstić information content (AvgIpc) is 2.85. The Balaban J connectivity index is 2.17. The molecule has 1 amide bonds. The molecule has 18 heavy (non-hydrogen) atoms. The first kappa shape index (κ1) is 12.7. The molecule has 94 valence electrons. The Morgan fingerprint density at radius 1 is 1.39 bits per heavy atom. The number of hydrogen-bond acceptors (Lipinski definition) is 4. The highest BCUT2D eigenvalue weighted by Crippen LogP contribution is 2.13. The van der Waals surface area contributed by atoms with Crippen LogP contribution in [0.5, 0.6) is 0 Å². The van der Waals surface area contributed by atoms with Gasteiger partial charge >= 0.3 is 0 Å². The van der Waals surface area contributed by atoms with Gasteiger partial charge in [-0.3, -0.25) is 4.79 Å². The van der Waals surface area contributed by atoms with E-state index in [0.29, 0.717) is 18.8 Å². The van der Waals surface area contributed by atoms with Gasteiger partial charge in [-0.1, -0.05) is 22.9 Å². The smallest absolute Gasteiger partial charge is 0.220 e. The number of aromatic nitrogens is 4. The van der Waals surface area contributed by atoms with Crippen LogP contribution < -0.4 is 5.32 Å². The van der Waals surface area contributed by atoms with Crippen LogP contribution in [0.25, 0.3) is 5.69 Å². The molecule has 0 fully saturated rings. The first-order valence-corrected chi connectivity index (χ1v) is 6.30. The Bertz CT molecular complexity index is 537. The van der Waals surface area contributed by atoms with E-state index in [0.717, 1.165) is 10.2 Å². The van der Waals surface area contributed by atoms with Crippen molar-refractivity contribution in [3.8, 4) is 5.69 Å². The molecule has 7 heteroatoms. The fourth-order valence-electron chi connectivity index (χ4n) is 1.40. The molecule has 2 aromatic rings. The molecule has 1 heterocycles. The molecule has 0 atom stereocenters. The number of rotatable bonds is 4. The van der Waals surface area contributed by atoms with Crippen LogP contribution in [0.4, 0.5) is 0 Å². The summed E-state index contributed by atoms with van der Waals surface area (Å²) in [6.45, 7) is 2.11. The fraction of sp³-hybridized carbons (Fsp3) is 0.273. The van der Waals surface area contributed by atoms with Gasteiger partial charge in [-0.15, -0.1) is 5.10 Å². The number of nitrogens with zero attached hydrogens (tertiary/aromatic N) is 4. The van der Waals surface area contributed by atoms with E-state index in [2.05, 4.69) is 36.8 Å². The zero-order chi connectivity index (χ0) is 13.0. The third-order valence-corrected chi connectivity index (χ3v) is 2.90. The van der Waals surface area contributed by atoms with Crippen LogP contribution in [0, 0.1) is 0 Å². The minimum atomic E-state index is -0.0274. The molecule has 2 rings (SSSR count). The largest absolute Gasteiger partial charge is 0.349 e. The van der Waals surface area contributed by atoms with Crippen molar-refractivity contribution in [2.45, 2.75) is 19.9 Å². The summed E-state index contributed by atoms with van der Waals surface area (Å²) in [6, 6.07) is 7.61. The standard InChI is InChI=1S/C11H12BrN5O/c1-2-11(18)13-7-10-14-15-16-17(10)9-5-3-8(12)4-6-9/h3-6H,2,7H2,1H3,(H,13,18). The maximum Gasteiger partial charge on any atom is 0.220 e. The first-order chi connectivity index (χ1) is 8.70. The second-order valence-corrected chi connectivity index (χ2v) is 4.53. The van der Waals surface area contributed by atoms with Gasteiger partial charge in [0.05, 0.1) is 12.2 Å². The van der Waals surface area contributed by atoms with E-state index in [4.69, 9.17) is 0 Å². The van der Waals surface area contributed by atoms with Crippen molar-refractivity contribution in [2.24, 2.45) is 0 Å². The summed E-state index contributed by atoms with van der Waals surface area (Å²) < 4.78 is 2.59. The van der Waals surface area contributed by atoms with Gasteiger partial charge in [0.1, 0.15) is 0 Å². The van der Waals surface area contributed by atoms with Crippen molar-refractivity contribution in [1.82, 2.24) is 25.5 Å². The maximum absolute atomic E-state index is 11.2. The molecule has 0 aliphatic heterocycles. The van der Waals surface area contributed by atoms with E-state index in [-0.39, 0.29) is 5.91 Å². The zero-order valence-electron chi connectivity index (χ0n) is 9.80. The monoisotopic (exact) mass is 309 g/mol. The average molecular weight is 310 g/mol. The fourth-order valence-corrected chi connectivity index (χ4v) is 1.67. The Labute approximate surface area is 113 Å². The summed E-state index contributed by atoms with van der Waals surface area (Å²) in [5, 5.41) is 14.2. The minimum Gasteiger partial charge on any atom is -0.349 e. The van der Waals surface area contributed by atoms with Crippen LogP contribution >= 0.6 is 15.9 Å². The molecular weight excluding hydrogens is 298 g/mol. The normalized spacial score (nSPS) is 10.3. The SMILES string of the molecule is CCC(=O)NCc1nnnn1-c1ccc(Br)cc1. The van der Waals surface area contributed by atoms with E-state index in [1.54, 1.807) is 11.6 Å². The summed E-state index contributed by atoms with van der Waals surface area (Å²) in [6.07, 6.45) is 0.444. The van der Waals surface area contributed by atoms with E-state index in [9.17, 15) is 4.79 Å². The zero-order valence-corrected chi connectivity index (χ0v) is 11.4. The van der Waals surface area contributed by atoms with Crippen LogP contribution in [0.15, 0.2) is 28.7 Å². The highest BCUT2D eigenvalue weighted by Gasteiger charge is 2.08. The lowest BCUT2D eigenvalue weighted by molar-refractivity contribution is -0.120. The van der Waals surface area contributed by atoms with E-state index < -0.39 is 0 Å². The maximum atomic E-state index is 11.2. The third-order valence-electron chi connectivity index (χ3n) is 2.37. The number of benzene rings is 1. The minimum absolute atomic E-state index is 0.0274. The molecule has 0 saturated heterocycles. The highest BCUT2D eigenvalue weighted by molar-refractivity contribution is 9.10. The van der Waals surface area contributed by atoms with Gasteiger partial charge in [-0.25, -0.2) is 0 Å². The summed E-state index contributed by atoms with van der Waals surface area (Å²) in [7, 11) is 0. The predicted molar refractivity (Wildman–Crippen MR) is 69.0 cm³/mol. The Morgan fingerprint density at radius 2 is 2.11 bits per heavy atom. The van der Waals surface area contributed by atoms with Crippen LogP contribution in [0.3, 0.4) is 0 Å². The van der Waals surface area contributed by atoms with Gasteiger partial charge in [0, 0.05) is 10.9 Å². The predicted octanol–water partition coefficient (Wildman–Crippen LogP) is 1.45. The molecule has 0 radical (unpaired) electrons. The van der Waals surface area contributed by atoms with Crippen molar-refractivity contribution < 1.29 is 4.79 Å². The molecule has 0 spiro atoms. The Morgan fingerprint density at radius 3 is 2.78 bits per heavy atom. The summed E-state index contributed by atoms with van der Waals surface area (Å²) in [5.41, 5.74) is 0.851. The number of carbonyl (C=O) groups is 1. The van der Waals surface area contributed by atoms with Gasteiger partial charge < -0.3 is 5.32 Å². The van der Waals surface area contributed by atoms with Crippen LogP contribution in [0.2, 0.25) is 0 Å². The van der Waals surface area contributed by atoms with Gasteiger partial charge in [0.15, 0.2) is 5.82 Å². The van der Waals surface area contributed by atoms with Crippen LogP contribution in [0.1, 0.15) is 19.2 Å². The van der Waals surface area contributed by atoms with E-state index >= 15 is 0 Å². The van der Waals surface area contributed by atoms with Crippen molar-refractivity contribution in [3.05, 3.63) is 34.6 Å². The Kier molecular flexibility index (Phi) is 4.03. The molecule has 0 bridgehead atoms. The second kappa shape index (κ2) is 5.72. The lowest BCUT2D eigenvalue weighted by atomic mass is 10.3. The van der Waals surface area contributed by atoms with Crippen LogP contribution in [-0.4, -0.2) is 26.1 Å². The van der Waals surface area contributed by atoms with E-state index in [1.807, 2.05) is 24.3 Å². The van der Waals surface area contributed by atoms with Gasteiger partial charge in [0.25, 0.3) is 0 Å². The number of halogens is 1.